The first-order valence-corrected chi connectivity index (χ1v) is 9.95. The zero-order valence-electron chi connectivity index (χ0n) is 19.3. The highest BCUT2D eigenvalue weighted by Crippen LogP contribution is 2.26. The summed E-state index contributed by atoms with van der Waals surface area (Å²) in [6.45, 7) is 21.4. The summed E-state index contributed by atoms with van der Waals surface area (Å²) in [7, 11) is 0. The van der Waals surface area contributed by atoms with Crippen LogP contribution in [0.1, 0.15) is 29.6 Å². The summed E-state index contributed by atoms with van der Waals surface area (Å²) in [5.41, 5.74) is 0.714. The van der Waals surface area contributed by atoms with Crippen molar-refractivity contribution < 1.29 is 13.9 Å². The Labute approximate surface area is 196 Å². The Morgan fingerprint density at radius 3 is 2.15 bits per heavy atom. The van der Waals surface area contributed by atoms with Crippen LogP contribution in [0.4, 0.5) is 0 Å². The van der Waals surface area contributed by atoms with Gasteiger partial charge in [-0.15, -0.1) is 6.42 Å². The van der Waals surface area contributed by atoms with Crippen LogP contribution in [0, 0.1) is 19.3 Å². The molecule has 0 amide bonds. The predicted molar refractivity (Wildman–Crippen MR) is 140 cm³/mol. The summed E-state index contributed by atoms with van der Waals surface area (Å²) in [4.78, 5) is 25.3. The molecule has 0 aromatic carbocycles. The van der Waals surface area contributed by atoms with Crippen molar-refractivity contribution in [1.29, 1.82) is 0 Å². The number of hydrogen-bond acceptors (Lipinski definition) is 4. The van der Waals surface area contributed by atoms with Crippen molar-refractivity contribution >= 4 is 23.0 Å². The van der Waals surface area contributed by atoms with E-state index in [1.54, 1.807) is 50.3 Å². The van der Waals surface area contributed by atoms with E-state index in [2.05, 4.69) is 38.8 Å². The van der Waals surface area contributed by atoms with Gasteiger partial charge in [0, 0.05) is 11.1 Å². The van der Waals surface area contributed by atoms with E-state index in [9.17, 15) is 9.59 Å². The van der Waals surface area contributed by atoms with E-state index >= 15 is 0 Å². The van der Waals surface area contributed by atoms with Crippen LogP contribution in [0.25, 0.3) is 17.2 Å². The van der Waals surface area contributed by atoms with Crippen LogP contribution in [-0.4, -0.2) is 12.4 Å². The molecule has 0 saturated carbocycles. The van der Waals surface area contributed by atoms with E-state index < -0.39 is 5.78 Å². The van der Waals surface area contributed by atoms with Gasteiger partial charge in [0.25, 0.3) is 0 Å². The van der Waals surface area contributed by atoms with Crippen molar-refractivity contribution in [2.45, 2.75) is 13.8 Å². The standard InChI is InChI=1S/C23H22O4.C6H8/c1-7-11-13-16(5)22-17(6)21(25)18(10-4)23(27-22)19(15-26-14-9-3)20(24)12-8-2;1-3-5-6-4-2/h3,7-8,10-13,15H,1,4-5,14H2,2,6H3;3-6H,1-2H2/b12-8+,13-11-,19-15-;6-5-. The number of rotatable bonds is 11. The summed E-state index contributed by atoms with van der Waals surface area (Å²) < 4.78 is 11.1. The number of ketones is 1. The number of allylic oxidation sites excluding steroid dienone is 11. The number of ether oxygens (including phenoxy) is 1. The molecule has 0 aliphatic heterocycles. The molecule has 0 fully saturated rings. The first kappa shape index (κ1) is 28.6. The van der Waals surface area contributed by atoms with Crippen molar-refractivity contribution in [1.82, 2.24) is 0 Å². The van der Waals surface area contributed by atoms with Crippen molar-refractivity contribution in [3.8, 4) is 12.3 Å². The van der Waals surface area contributed by atoms with Gasteiger partial charge in [0.1, 0.15) is 12.4 Å². The summed E-state index contributed by atoms with van der Waals surface area (Å²) in [6, 6.07) is 0. The first-order chi connectivity index (χ1) is 15.8. The molecule has 1 heterocycles. The molecular weight excluding hydrogens is 412 g/mol. The second-order valence-corrected chi connectivity index (χ2v) is 6.22. The van der Waals surface area contributed by atoms with Crippen LogP contribution in [0.5, 0.6) is 0 Å². The average Bonchev–Trinajstić information content (AvgIpc) is 2.81. The molecule has 170 valence electrons. The third-order valence-electron chi connectivity index (χ3n) is 3.88. The largest absolute Gasteiger partial charge is 0.488 e. The Morgan fingerprint density at radius 1 is 1.06 bits per heavy atom. The summed E-state index contributed by atoms with van der Waals surface area (Å²) in [5, 5.41) is 0. The maximum absolute atomic E-state index is 12.8. The fourth-order valence-corrected chi connectivity index (χ4v) is 2.39. The SMILES string of the molecule is C#CCO/C=C(/C(=O)/C=C/C)c1oc(C(=C)/C=C\C=C)c(C)c(=O)c1C=C.C=C/C=C\C=C. The number of carbonyl (C=O) groups is 1. The van der Waals surface area contributed by atoms with Crippen LogP contribution in [-0.2, 0) is 9.53 Å². The molecule has 33 heavy (non-hydrogen) atoms. The Bertz CT molecular complexity index is 1100. The predicted octanol–water partition coefficient (Wildman–Crippen LogP) is 6.40. The van der Waals surface area contributed by atoms with Crippen molar-refractivity contribution in [2.75, 3.05) is 6.61 Å². The molecule has 0 unspecified atom stereocenters. The lowest BCUT2D eigenvalue weighted by molar-refractivity contribution is -0.109. The van der Waals surface area contributed by atoms with Crippen LogP contribution in [0.3, 0.4) is 0 Å². The van der Waals surface area contributed by atoms with Crippen LogP contribution < -0.4 is 5.43 Å². The molecule has 0 aliphatic rings. The summed E-state index contributed by atoms with van der Waals surface area (Å²) >= 11 is 0. The van der Waals surface area contributed by atoms with E-state index in [-0.39, 0.29) is 34.7 Å². The van der Waals surface area contributed by atoms with Crippen LogP contribution in [0.15, 0.2) is 103 Å². The Hall–Kier alpha value is -4.36. The van der Waals surface area contributed by atoms with Gasteiger partial charge in [-0.2, -0.15) is 0 Å². The van der Waals surface area contributed by atoms with E-state index in [1.807, 2.05) is 12.2 Å². The van der Waals surface area contributed by atoms with Crippen LogP contribution >= 0.6 is 0 Å². The lowest BCUT2D eigenvalue weighted by Gasteiger charge is -2.12. The molecule has 0 atom stereocenters. The van der Waals surface area contributed by atoms with Crippen molar-refractivity contribution in [3.05, 3.63) is 127 Å². The molecular formula is C29H30O4. The molecule has 0 radical (unpaired) electrons. The van der Waals surface area contributed by atoms with Gasteiger partial charge in [0.05, 0.1) is 17.4 Å². The van der Waals surface area contributed by atoms with Crippen molar-refractivity contribution in [2.24, 2.45) is 0 Å². The minimum absolute atomic E-state index is 0.0340. The van der Waals surface area contributed by atoms with E-state index in [0.717, 1.165) is 0 Å². The fourth-order valence-electron chi connectivity index (χ4n) is 2.39. The van der Waals surface area contributed by atoms with Gasteiger partial charge in [0.15, 0.2) is 17.0 Å². The molecule has 0 bridgehead atoms. The first-order valence-electron chi connectivity index (χ1n) is 9.95. The lowest BCUT2D eigenvalue weighted by atomic mass is 10.00. The normalized spacial score (nSPS) is 10.9. The van der Waals surface area contributed by atoms with E-state index in [4.69, 9.17) is 15.6 Å². The topological polar surface area (TPSA) is 56.5 Å². The zero-order chi connectivity index (χ0) is 25.2. The second-order valence-electron chi connectivity index (χ2n) is 6.22. The van der Waals surface area contributed by atoms with Crippen LogP contribution in [0.2, 0.25) is 0 Å². The Balaban J connectivity index is 0.00000150. The summed E-state index contributed by atoms with van der Waals surface area (Å²) in [6.07, 6.45) is 22.6. The molecule has 1 aromatic heterocycles. The molecule has 4 heteroatoms. The smallest absolute Gasteiger partial charge is 0.196 e. The molecule has 0 saturated heterocycles. The van der Waals surface area contributed by atoms with Gasteiger partial charge in [0.2, 0.25) is 0 Å². The monoisotopic (exact) mass is 442 g/mol. The Morgan fingerprint density at radius 2 is 1.67 bits per heavy atom. The highest BCUT2D eigenvalue weighted by atomic mass is 16.5. The number of carbonyl (C=O) groups excluding carboxylic acids is 1. The Kier molecular flexibility index (Phi) is 14.2. The van der Waals surface area contributed by atoms with Gasteiger partial charge >= 0.3 is 0 Å². The van der Waals surface area contributed by atoms with E-state index in [1.165, 1.54) is 18.4 Å². The zero-order valence-corrected chi connectivity index (χ0v) is 19.3. The summed E-state index contributed by atoms with van der Waals surface area (Å²) in [5.74, 6) is 2.21. The van der Waals surface area contributed by atoms with E-state index in [0.29, 0.717) is 11.1 Å². The minimum atomic E-state index is -0.400. The minimum Gasteiger partial charge on any atom is -0.488 e. The molecule has 0 spiro atoms. The van der Waals surface area contributed by atoms with Gasteiger partial charge in [-0.25, -0.2) is 0 Å². The number of hydrogen-bond donors (Lipinski definition) is 0. The second kappa shape index (κ2) is 16.3. The maximum Gasteiger partial charge on any atom is 0.196 e. The average molecular weight is 443 g/mol. The number of terminal acetylenes is 1. The molecule has 4 nitrogen and oxygen atoms in total. The maximum atomic E-state index is 12.8. The lowest BCUT2D eigenvalue weighted by Crippen LogP contribution is -2.16. The van der Waals surface area contributed by atoms with Gasteiger partial charge in [-0.05, 0) is 19.9 Å². The highest BCUT2D eigenvalue weighted by Gasteiger charge is 2.22. The van der Waals surface area contributed by atoms with Gasteiger partial charge < -0.3 is 9.15 Å². The molecule has 1 aromatic rings. The quantitative estimate of drug-likeness (QED) is 0.131. The van der Waals surface area contributed by atoms with Gasteiger partial charge in [-0.3, -0.25) is 9.59 Å². The highest BCUT2D eigenvalue weighted by molar-refractivity contribution is 6.25. The molecule has 0 aliphatic carbocycles. The fraction of sp³-hybridized carbons (Fsp3) is 0.103. The molecule has 0 N–H and O–H groups in total. The third kappa shape index (κ3) is 9.12. The van der Waals surface area contributed by atoms with Gasteiger partial charge in [-0.1, -0.05) is 93.5 Å². The molecule has 1 rings (SSSR count). The van der Waals surface area contributed by atoms with Crippen molar-refractivity contribution in [3.63, 3.8) is 0 Å². The third-order valence-corrected chi connectivity index (χ3v) is 3.88.